The van der Waals surface area contributed by atoms with Gasteiger partial charge in [-0.15, -0.1) is 0 Å². The number of hydrogen-bond acceptors (Lipinski definition) is 3. The second-order valence-electron chi connectivity index (χ2n) is 6.59. The van der Waals surface area contributed by atoms with E-state index in [0.717, 1.165) is 28.9 Å². The van der Waals surface area contributed by atoms with Crippen LogP contribution in [-0.2, 0) is 6.18 Å². The van der Waals surface area contributed by atoms with E-state index in [4.69, 9.17) is 16.6 Å². The number of furan rings is 1. The molecule has 0 aliphatic heterocycles. The van der Waals surface area contributed by atoms with Crippen LogP contribution >= 0.6 is 12.2 Å². The Morgan fingerprint density at radius 3 is 2.50 bits per heavy atom. The van der Waals surface area contributed by atoms with Gasteiger partial charge in [-0.3, -0.25) is 15.6 Å². The molecule has 0 saturated heterocycles. The summed E-state index contributed by atoms with van der Waals surface area (Å²) in [5.74, 6) is -0.565. The van der Waals surface area contributed by atoms with Crippen LogP contribution in [0.15, 0.2) is 59.0 Å². The molecule has 0 fully saturated rings. The van der Waals surface area contributed by atoms with Gasteiger partial charge in [-0.25, -0.2) is 0 Å². The third kappa shape index (κ3) is 5.18. The van der Waals surface area contributed by atoms with Gasteiger partial charge in [-0.05, 0) is 67.5 Å². The number of nitrogens with one attached hydrogen (secondary N) is 3. The van der Waals surface area contributed by atoms with E-state index in [-0.39, 0.29) is 22.2 Å². The quantitative estimate of drug-likeness (QED) is 0.391. The molecule has 30 heavy (non-hydrogen) atoms. The van der Waals surface area contributed by atoms with E-state index in [1.54, 1.807) is 0 Å². The first-order valence-corrected chi connectivity index (χ1v) is 9.26. The van der Waals surface area contributed by atoms with E-state index in [2.05, 4.69) is 16.2 Å². The molecule has 1 amide bonds. The number of anilines is 1. The standard InChI is InChI=1S/C21H18F3N3O2S/c1-12-6-7-13(2)16(10-12)25-20(30)27-26-19(28)18-9-8-17(29-18)14-4-3-5-15(11-14)21(22,23)24/h3-11H,1-2H3,(H,26,28)(H2,25,27,30). The predicted octanol–water partition coefficient (Wildman–Crippen LogP) is 5.21. The van der Waals surface area contributed by atoms with Gasteiger partial charge >= 0.3 is 12.1 Å². The van der Waals surface area contributed by atoms with Gasteiger partial charge < -0.3 is 9.73 Å². The number of hydrazine groups is 1. The van der Waals surface area contributed by atoms with Crippen LogP contribution in [0, 0.1) is 13.8 Å². The van der Waals surface area contributed by atoms with Gasteiger partial charge in [0.15, 0.2) is 10.9 Å². The minimum Gasteiger partial charge on any atom is -0.451 e. The van der Waals surface area contributed by atoms with E-state index in [1.807, 2.05) is 32.0 Å². The molecular weight excluding hydrogens is 415 g/mol. The lowest BCUT2D eigenvalue weighted by Crippen LogP contribution is -2.43. The van der Waals surface area contributed by atoms with Crippen molar-refractivity contribution >= 4 is 28.9 Å². The Balaban J connectivity index is 1.63. The zero-order chi connectivity index (χ0) is 21.9. The summed E-state index contributed by atoms with van der Waals surface area (Å²) in [6.07, 6.45) is -4.47. The van der Waals surface area contributed by atoms with Crippen molar-refractivity contribution in [3.05, 3.63) is 77.0 Å². The van der Waals surface area contributed by atoms with Gasteiger partial charge in [0, 0.05) is 11.3 Å². The number of amides is 1. The number of halogens is 3. The topological polar surface area (TPSA) is 66.3 Å². The summed E-state index contributed by atoms with van der Waals surface area (Å²) in [6, 6.07) is 13.3. The average Bonchev–Trinajstić information content (AvgIpc) is 3.19. The Morgan fingerprint density at radius 2 is 1.77 bits per heavy atom. The molecule has 5 nitrogen and oxygen atoms in total. The number of rotatable bonds is 3. The van der Waals surface area contributed by atoms with Crippen LogP contribution in [0.3, 0.4) is 0 Å². The van der Waals surface area contributed by atoms with E-state index in [1.165, 1.54) is 24.3 Å². The summed E-state index contributed by atoms with van der Waals surface area (Å²) in [6.45, 7) is 3.86. The van der Waals surface area contributed by atoms with E-state index in [9.17, 15) is 18.0 Å². The second-order valence-corrected chi connectivity index (χ2v) is 7.00. The Labute approximate surface area is 176 Å². The van der Waals surface area contributed by atoms with E-state index >= 15 is 0 Å². The second kappa shape index (κ2) is 8.58. The average molecular weight is 433 g/mol. The molecule has 0 aliphatic carbocycles. The largest absolute Gasteiger partial charge is 0.451 e. The van der Waals surface area contributed by atoms with Gasteiger partial charge in [-0.1, -0.05) is 24.3 Å². The highest BCUT2D eigenvalue weighted by molar-refractivity contribution is 7.80. The maximum Gasteiger partial charge on any atom is 0.416 e. The Kier molecular flexibility index (Phi) is 6.12. The van der Waals surface area contributed by atoms with Crippen molar-refractivity contribution in [2.24, 2.45) is 0 Å². The normalized spacial score (nSPS) is 11.1. The summed E-state index contributed by atoms with van der Waals surface area (Å²) in [4.78, 5) is 12.3. The molecule has 0 spiro atoms. The van der Waals surface area contributed by atoms with Gasteiger partial charge in [0.05, 0.1) is 5.56 Å². The Bertz CT molecular complexity index is 1090. The van der Waals surface area contributed by atoms with Gasteiger partial charge in [-0.2, -0.15) is 13.2 Å². The van der Waals surface area contributed by atoms with Crippen molar-refractivity contribution in [2.45, 2.75) is 20.0 Å². The third-order valence-corrected chi connectivity index (χ3v) is 4.44. The first-order valence-electron chi connectivity index (χ1n) is 8.85. The minimum absolute atomic E-state index is 0.0792. The summed E-state index contributed by atoms with van der Waals surface area (Å²) >= 11 is 5.16. The van der Waals surface area contributed by atoms with Crippen molar-refractivity contribution in [2.75, 3.05) is 5.32 Å². The van der Waals surface area contributed by atoms with Gasteiger partial charge in [0.2, 0.25) is 0 Å². The lowest BCUT2D eigenvalue weighted by atomic mass is 10.1. The first-order chi connectivity index (χ1) is 14.1. The van der Waals surface area contributed by atoms with Crippen molar-refractivity contribution in [1.29, 1.82) is 0 Å². The summed E-state index contributed by atoms with van der Waals surface area (Å²) < 4.78 is 44.0. The zero-order valence-electron chi connectivity index (χ0n) is 16.1. The molecule has 0 radical (unpaired) electrons. The van der Waals surface area contributed by atoms with Crippen LogP contribution in [-0.4, -0.2) is 11.0 Å². The molecule has 1 heterocycles. The molecule has 3 rings (SSSR count). The van der Waals surface area contributed by atoms with Crippen molar-refractivity contribution in [1.82, 2.24) is 10.9 Å². The molecule has 156 valence electrons. The highest BCUT2D eigenvalue weighted by atomic mass is 32.1. The third-order valence-electron chi connectivity index (χ3n) is 4.24. The number of thiocarbonyl (C=S) groups is 1. The summed E-state index contributed by atoms with van der Waals surface area (Å²) in [5, 5.41) is 3.15. The van der Waals surface area contributed by atoms with Gasteiger partial charge in [0.1, 0.15) is 5.76 Å². The predicted molar refractivity (Wildman–Crippen MR) is 112 cm³/mol. The molecular formula is C21H18F3N3O2S. The lowest BCUT2D eigenvalue weighted by molar-refractivity contribution is -0.137. The number of aryl methyl sites for hydroxylation is 2. The maximum absolute atomic E-state index is 12.9. The number of carbonyl (C=O) groups is 1. The van der Waals surface area contributed by atoms with Crippen LogP contribution in [0.2, 0.25) is 0 Å². The monoisotopic (exact) mass is 433 g/mol. The van der Waals surface area contributed by atoms with Crippen molar-refractivity contribution in [3.8, 4) is 11.3 Å². The zero-order valence-corrected chi connectivity index (χ0v) is 16.9. The number of hydrogen-bond donors (Lipinski definition) is 3. The Morgan fingerprint density at radius 1 is 1.00 bits per heavy atom. The molecule has 3 N–H and O–H groups in total. The number of carbonyl (C=O) groups excluding carboxylic acids is 1. The van der Waals surface area contributed by atoms with Gasteiger partial charge in [0.25, 0.3) is 0 Å². The molecule has 0 bridgehead atoms. The van der Waals surface area contributed by atoms with Crippen LogP contribution in [0.4, 0.5) is 18.9 Å². The van der Waals surface area contributed by atoms with Crippen molar-refractivity contribution < 1.29 is 22.4 Å². The van der Waals surface area contributed by atoms with Crippen molar-refractivity contribution in [3.63, 3.8) is 0 Å². The maximum atomic E-state index is 12.9. The molecule has 0 saturated carbocycles. The molecule has 2 aromatic carbocycles. The first kappa shape index (κ1) is 21.4. The Hall–Kier alpha value is -3.33. The number of benzene rings is 2. The summed E-state index contributed by atoms with van der Waals surface area (Å²) in [5.41, 5.74) is 7.19. The fraction of sp³-hybridized carbons (Fsp3) is 0.143. The van der Waals surface area contributed by atoms with E-state index < -0.39 is 17.6 Å². The van der Waals surface area contributed by atoms with Crippen LogP contribution < -0.4 is 16.2 Å². The minimum atomic E-state index is -4.47. The van der Waals surface area contributed by atoms with Crippen LogP contribution in [0.25, 0.3) is 11.3 Å². The fourth-order valence-corrected chi connectivity index (χ4v) is 2.82. The molecule has 0 atom stereocenters. The van der Waals surface area contributed by atoms with Crippen LogP contribution in [0.1, 0.15) is 27.2 Å². The number of alkyl halides is 3. The highest BCUT2D eigenvalue weighted by Gasteiger charge is 2.30. The van der Waals surface area contributed by atoms with Crippen LogP contribution in [0.5, 0.6) is 0 Å². The molecule has 1 aromatic heterocycles. The molecule has 3 aromatic rings. The molecule has 9 heteroatoms. The molecule has 0 unspecified atom stereocenters. The fourth-order valence-electron chi connectivity index (χ4n) is 2.66. The molecule has 0 aliphatic rings. The van der Waals surface area contributed by atoms with E-state index in [0.29, 0.717) is 0 Å². The lowest BCUT2D eigenvalue weighted by Gasteiger charge is -2.13. The highest BCUT2D eigenvalue weighted by Crippen LogP contribution is 2.32. The summed E-state index contributed by atoms with van der Waals surface area (Å²) in [7, 11) is 0. The smallest absolute Gasteiger partial charge is 0.416 e. The SMILES string of the molecule is Cc1ccc(C)c(NC(=S)NNC(=O)c2ccc(-c3cccc(C(F)(F)F)c3)o2)c1.